The van der Waals surface area contributed by atoms with Crippen molar-refractivity contribution < 1.29 is 0 Å². The molecule has 0 saturated carbocycles. The molecule has 3 nitrogen and oxygen atoms in total. The SMILES string of the molecule is N#Cc1ccc(-n2c(CCl)nc3ccc(Cl)cc32)c(Br)c1. The average molecular weight is 381 g/mol. The molecule has 0 radical (unpaired) electrons. The van der Waals surface area contributed by atoms with Crippen LogP contribution in [0.4, 0.5) is 0 Å². The van der Waals surface area contributed by atoms with Gasteiger partial charge < -0.3 is 0 Å². The fraction of sp³-hybridized carbons (Fsp3) is 0.0667. The monoisotopic (exact) mass is 379 g/mol. The van der Waals surface area contributed by atoms with Crippen LogP contribution in [0.25, 0.3) is 16.7 Å². The van der Waals surface area contributed by atoms with Gasteiger partial charge in [-0.3, -0.25) is 4.57 Å². The largest absolute Gasteiger partial charge is 0.294 e. The maximum Gasteiger partial charge on any atom is 0.129 e. The lowest BCUT2D eigenvalue weighted by molar-refractivity contribution is 0.977. The van der Waals surface area contributed by atoms with Gasteiger partial charge in [-0.25, -0.2) is 4.98 Å². The fourth-order valence-electron chi connectivity index (χ4n) is 2.21. The summed E-state index contributed by atoms with van der Waals surface area (Å²) in [4.78, 5) is 4.52. The van der Waals surface area contributed by atoms with Crippen molar-refractivity contribution in [2.24, 2.45) is 0 Å². The Morgan fingerprint density at radius 3 is 2.71 bits per heavy atom. The highest BCUT2D eigenvalue weighted by molar-refractivity contribution is 9.10. The molecule has 2 aromatic carbocycles. The number of aromatic nitrogens is 2. The first-order valence-corrected chi connectivity index (χ1v) is 7.77. The molecule has 0 saturated heterocycles. The summed E-state index contributed by atoms with van der Waals surface area (Å²) in [6, 6.07) is 13.0. The zero-order chi connectivity index (χ0) is 15.0. The van der Waals surface area contributed by atoms with Gasteiger partial charge >= 0.3 is 0 Å². The average Bonchev–Trinajstić information content (AvgIpc) is 2.84. The summed E-state index contributed by atoms with van der Waals surface area (Å²) < 4.78 is 2.74. The van der Waals surface area contributed by atoms with E-state index in [1.165, 1.54) is 0 Å². The Kier molecular flexibility index (Phi) is 3.90. The Bertz CT molecular complexity index is 880. The Balaban J connectivity index is 2.33. The van der Waals surface area contributed by atoms with Gasteiger partial charge in [0.2, 0.25) is 0 Å². The number of alkyl halides is 1. The first-order valence-electron chi connectivity index (χ1n) is 6.07. The molecule has 3 rings (SSSR count). The predicted molar refractivity (Wildman–Crippen MR) is 88.1 cm³/mol. The van der Waals surface area contributed by atoms with Crippen LogP contribution >= 0.6 is 39.1 Å². The van der Waals surface area contributed by atoms with E-state index in [0.29, 0.717) is 10.6 Å². The molecule has 1 aromatic heterocycles. The van der Waals surface area contributed by atoms with Gasteiger partial charge in [0.1, 0.15) is 5.82 Å². The van der Waals surface area contributed by atoms with E-state index in [-0.39, 0.29) is 5.88 Å². The van der Waals surface area contributed by atoms with Crippen molar-refractivity contribution >= 4 is 50.2 Å². The van der Waals surface area contributed by atoms with E-state index < -0.39 is 0 Å². The minimum atomic E-state index is 0.277. The lowest BCUT2D eigenvalue weighted by Gasteiger charge is -2.10. The smallest absolute Gasteiger partial charge is 0.129 e. The van der Waals surface area contributed by atoms with E-state index in [1.54, 1.807) is 18.2 Å². The first kappa shape index (κ1) is 14.4. The van der Waals surface area contributed by atoms with Crippen LogP contribution in [-0.2, 0) is 5.88 Å². The minimum Gasteiger partial charge on any atom is -0.294 e. The topological polar surface area (TPSA) is 41.6 Å². The first-order chi connectivity index (χ1) is 10.1. The van der Waals surface area contributed by atoms with Crippen LogP contribution in [0.3, 0.4) is 0 Å². The molecule has 0 aliphatic carbocycles. The highest BCUT2D eigenvalue weighted by Crippen LogP contribution is 2.30. The van der Waals surface area contributed by atoms with Crippen molar-refractivity contribution in [2.75, 3.05) is 0 Å². The molecular formula is C15H8BrCl2N3. The number of rotatable bonds is 2. The van der Waals surface area contributed by atoms with E-state index in [2.05, 4.69) is 27.0 Å². The Hall–Kier alpha value is -1.54. The maximum absolute atomic E-state index is 8.96. The lowest BCUT2D eigenvalue weighted by Crippen LogP contribution is -2.00. The maximum atomic E-state index is 8.96. The zero-order valence-corrected chi connectivity index (χ0v) is 13.7. The number of hydrogen-bond acceptors (Lipinski definition) is 2. The molecule has 1 heterocycles. The second-order valence-electron chi connectivity index (χ2n) is 4.41. The second kappa shape index (κ2) is 5.69. The van der Waals surface area contributed by atoms with E-state index in [4.69, 9.17) is 28.5 Å². The number of nitrogens with zero attached hydrogens (tertiary/aromatic N) is 3. The lowest BCUT2D eigenvalue weighted by atomic mass is 10.2. The fourth-order valence-corrected chi connectivity index (χ4v) is 3.12. The summed E-state index contributed by atoms with van der Waals surface area (Å²) in [7, 11) is 0. The molecule has 0 amide bonds. The molecule has 0 atom stereocenters. The Labute approximate surface area is 139 Å². The van der Waals surface area contributed by atoms with Crippen LogP contribution in [0.5, 0.6) is 0 Å². The molecule has 104 valence electrons. The van der Waals surface area contributed by atoms with Gasteiger partial charge in [-0.15, -0.1) is 11.6 Å². The van der Waals surface area contributed by atoms with Crippen LogP contribution < -0.4 is 0 Å². The van der Waals surface area contributed by atoms with Crippen LogP contribution in [0.15, 0.2) is 40.9 Å². The highest BCUT2D eigenvalue weighted by Gasteiger charge is 2.14. The highest BCUT2D eigenvalue weighted by atomic mass is 79.9. The normalized spacial score (nSPS) is 10.8. The van der Waals surface area contributed by atoms with Gasteiger partial charge in [-0.05, 0) is 52.3 Å². The predicted octanol–water partition coefficient (Wildman–Crippen LogP) is 5.05. The summed E-state index contributed by atoms with van der Waals surface area (Å²) in [5, 5.41) is 9.60. The molecule has 3 aromatic rings. The molecule has 6 heteroatoms. The minimum absolute atomic E-state index is 0.277. The molecule has 0 fully saturated rings. The molecule has 0 bridgehead atoms. The molecule has 0 aliphatic rings. The van der Waals surface area contributed by atoms with E-state index in [9.17, 15) is 0 Å². The van der Waals surface area contributed by atoms with E-state index in [1.807, 2.05) is 22.8 Å². The van der Waals surface area contributed by atoms with Gasteiger partial charge in [0.15, 0.2) is 0 Å². The Morgan fingerprint density at radius 1 is 1.24 bits per heavy atom. The van der Waals surface area contributed by atoms with Gasteiger partial charge in [0.25, 0.3) is 0 Å². The summed E-state index contributed by atoms with van der Waals surface area (Å²) in [6.45, 7) is 0. The summed E-state index contributed by atoms with van der Waals surface area (Å²) in [5.41, 5.74) is 3.16. The third-order valence-electron chi connectivity index (χ3n) is 3.12. The zero-order valence-electron chi connectivity index (χ0n) is 10.6. The van der Waals surface area contributed by atoms with Crippen LogP contribution in [0.1, 0.15) is 11.4 Å². The Morgan fingerprint density at radius 2 is 2.05 bits per heavy atom. The van der Waals surface area contributed by atoms with Gasteiger partial charge in [-0.2, -0.15) is 5.26 Å². The molecule has 0 aliphatic heterocycles. The van der Waals surface area contributed by atoms with Crippen molar-refractivity contribution in [3.63, 3.8) is 0 Å². The van der Waals surface area contributed by atoms with E-state index in [0.717, 1.165) is 27.0 Å². The molecule has 0 N–H and O–H groups in total. The van der Waals surface area contributed by atoms with Crippen molar-refractivity contribution in [1.82, 2.24) is 9.55 Å². The molecule has 21 heavy (non-hydrogen) atoms. The number of benzene rings is 2. The standard InChI is InChI=1S/C15H8BrCl2N3/c16-11-5-9(8-19)1-4-13(11)21-14-6-10(18)2-3-12(14)20-15(21)7-17/h1-6H,7H2. The number of hydrogen-bond donors (Lipinski definition) is 0. The van der Waals surface area contributed by atoms with Gasteiger partial charge in [0.05, 0.1) is 34.2 Å². The third kappa shape index (κ3) is 2.53. The van der Waals surface area contributed by atoms with Crippen molar-refractivity contribution in [1.29, 1.82) is 5.26 Å². The number of fused-ring (bicyclic) bond motifs is 1. The third-order valence-corrected chi connectivity index (χ3v) is 4.23. The molecule has 0 spiro atoms. The van der Waals surface area contributed by atoms with Crippen molar-refractivity contribution in [2.45, 2.75) is 5.88 Å². The second-order valence-corrected chi connectivity index (χ2v) is 5.97. The van der Waals surface area contributed by atoms with E-state index >= 15 is 0 Å². The molecule has 0 unspecified atom stereocenters. The van der Waals surface area contributed by atoms with Crippen LogP contribution in [0, 0.1) is 11.3 Å². The van der Waals surface area contributed by atoms with Gasteiger partial charge in [-0.1, -0.05) is 11.6 Å². The van der Waals surface area contributed by atoms with Crippen molar-refractivity contribution in [3.8, 4) is 11.8 Å². The summed E-state index contributed by atoms with van der Waals surface area (Å²) in [5.74, 6) is 0.998. The summed E-state index contributed by atoms with van der Waals surface area (Å²) >= 11 is 15.6. The van der Waals surface area contributed by atoms with Crippen molar-refractivity contribution in [3.05, 3.63) is 57.3 Å². The van der Waals surface area contributed by atoms with Gasteiger partial charge in [0, 0.05) is 9.50 Å². The number of halogens is 3. The number of imidazole rings is 1. The summed E-state index contributed by atoms with van der Waals surface area (Å²) in [6.07, 6.45) is 0. The molecular weight excluding hydrogens is 373 g/mol. The quantitative estimate of drug-likeness (QED) is 0.583. The number of nitriles is 1. The van der Waals surface area contributed by atoms with Crippen LogP contribution in [-0.4, -0.2) is 9.55 Å². The van der Waals surface area contributed by atoms with Crippen LogP contribution in [0.2, 0.25) is 5.02 Å².